The lowest BCUT2D eigenvalue weighted by Gasteiger charge is -2.05. The second-order valence-electron chi connectivity index (χ2n) is 3.87. The molecule has 0 radical (unpaired) electrons. The van der Waals surface area contributed by atoms with Crippen LogP contribution in [0.3, 0.4) is 0 Å². The molecule has 0 spiro atoms. The molecule has 3 heteroatoms. The minimum Gasteiger partial charge on any atom is -0.480 e. The number of benzene rings is 1. The quantitative estimate of drug-likeness (QED) is 0.700. The van der Waals surface area contributed by atoms with Gasteiger partial charge >= 0.3 is 5.97 Å². The lowest BCUT2D eigenvalue weighted by molar-refractivity contribution is -0.139. The van der Waals surface area contributed by atoms with Crippen molar-refractivity contribution >= 4 is 5.97 Å². The van der Waals surface area contributed by atoms with E-state index in [9.17, 15) is 4.79 Å². The molecule has 15 heavy (non-hydrogen) atoms. The van der Waals surface area contributed by atoms with Gasteiger partial charge in [-0.3, -0.25) is 4.79 Å². The summed E-state index contributed by atoms with van der Waals surface area (Å²) in [5, 5.41) is 8.89. The minimum absolute atomic E-state index is 0.0816. The van der Waals surface area contributed by atoms with Crippen LogP contribution < -0.4 is 5.73 Å². The molecule has 1 aromatic rings. The summed E-state index contributed by atoms with van der Waals surface area (Å²) >= 11 is 0. The predicted octanol–water partition coefficient (Wildman–Crippen LogP) is 0.937. The zero-order valence-electron chi connectivity index (χ0n) is 8.10. The van der Waals surface area contributed by atoms with Crippen molar-refractivity contribution in [2.45, 2.75) is 17.9 Å². The molecule has 3 nitrogen and oxygen atoms in total. The largest absolute Gasteiger partial charge is 0.480 e. The molecule has 0 amide bonds. The molecule has 76 valence electrons. The number of rotatable bonds is 2. The standard InChI is InChI=1S/C12H11NO2/c1-2-8-3-5-9(6-4-8)10-7-12(10,13)11(14)15/h1,3-6,10H,7,13H2,(H,14,15)/t10-,12-/m0/s1. The van der Waals surface area contributed by atoms with Crippen LogP contribution in [0.25, 0.3) is 0 Å². The molecule has 1 aliphatic rings. The van der Waals surface area contributed by atoms with Crippen molar-refractivity contribution in [2.24, 2.45) is 5.73 Å². The van der Waals surface area contributed by atoms with Crippen LogP contribution in [0.2, 0.25) is 0 Å². The highest BCUT2D eigenvalue weighted by Gasteiger charge is 2.58. The third-order valence-corrected chi connectivity index (χ3v) is 2.88. The van der Waals surface area contributed by atoms with Gasteiger partial charge in [-0.2, -0.15) is 0 Å². The van der Waals surface area contributed by atoms with Crippen LogP contribution in [0.4, 0.5) is 0 Å². The summed E-state index contributed by atoms with van der Waals surface area (Å²) in [7, 11) is 0. The second kappa shape index (κ2) is 3.11. The van der Waals surface area contributed by atoms with Crippen LogP contribution in [0.1, 0.15) is 23.5 Å². The molecule has 3 N–H and O–H groups in total. The zero-order valence-corrected chi connectivity index (χ0v) is 8.10. The Morgan fingerprint density at radius 2 is 2.13 bits per heavy atom. The van der Waals surface area contributed by atoms with E-state index in [0.29, 0.717) is 6.42 Å². The molecule has 0 aromatic heterocycles. The topological polar surface area (TPSA) is 63.3 Å². The van der Waals surface area contributed by atoms with Gasteiger partial charge in [-0.15, -0.1) is 6.42 Å². The molecule has 2 atom stereocenters. The Labute approximate surface area is 87.9 Å². The number of carboxylic acids is 1. The van der Waals surface area contributed by atoms with Crippen molar-refractivity contribution < 1.29 is 9.90 Å². The third kappa shape index (κ3) is 1.49. The molecule has 0 aliphatic heterocycles. The SMILES string of the molecule is C#Cc1ccc([C@@H]2C[C@@]2(N)C(=O)O)cc1. The molecular formula is C12H11NO2. The summed E-state index contributed by atoms with van der Waals surface area (Å²) in [6.45, 7) is 0. The molecule has 0 unspecified atom stereocenters. The highest BCUT2D eigenvalue weighted by atomic mass is 16.4. The third-order valence-electron chi connectivity index (χ3n) is 2.88. The van der Waals surface area contributed by atoms with E-state index >= 15 is 0 Å². The van der Waals surface area contributed by atoms with E-state index in [-0.39, 0.29) is 5.92 Å². The number of terminal acetylenes is 1. The summed E-state index contributed by atoms with van der Waals surface area (Å²) in [5.41, 5.74) is 6.36. The van der Waals surface area contributed by atoms with Crippen molar-refractivity contribution in [3.05, 3.63) is 35.4 Å². The molecule has 1 fully saturated rings. The van der Waals surface area contributed by atoms with Gasteiger partial charge in [0.2, 0.25) is 0 Å². The summed E-state index contributed by atoms with van der Waals surface area (Å²) in [5.74, 6) is 1.49. The minimum atomic E-state index is -1.07. The normalized spacial score (nSPS) is 28.1. The Morgan fingerprint density at radius 3 is 2.53 bits per heavy atom. The van der Waals surface area contributed by atoms with E-state index in [1.807, 2.05) is 12.1 Å². The first kappa shape index (κ1) is 9.75. The summed E-state index contributed by atoms with van der Waals surface area (Å²) in [4.78, 5) is 10.8. The Balaban J connectivity index is 2.21. The molecule has 0 heterocycles. The average Bonchev–Trinajstić information content (AvgIpc) is 2.93. The summed E-state index contributed by atoms with van der Waals surface area (Å²) in [6.07, 6.45) is 5.72. The highest BCUT2D eigenvalue weighted by molar-refractivity contribution is 5.84. The molecule has 0 bridgehead atoms. The fourth-order valence-corrected chi connectivity index (χ4v) is 1.74. The molecule has 1 aromatic carbocycles. The fraction of sp³-hybridized carbons (Fsp3) is 0.250. The lowest BCUT2D eigenvalue weighted by atomic mass is 10.0. The maximum Gasteiger partial charge on any atom is 0.324 e. The highest BCUT2D eigenvalue weighted by Crippen LogP contribution is 2.49. The number of aliphatic carboxylic acids is 1. The van der Waals surface area contributed by atoms with Crippen LogP contribution in [-0.2, 0) is 4.79 Å². The lowest BCUT2D eigenvalue weighted by Crippen LogP contribution is -2.34. The number of carbonyl (C=O) groups is 1. The number of hydrogen-bond donors (Lipinski definition) is 2. The van der Waals surface area contributed by atoms with Gasteiger partial charge in [-0.1, -0.05) is 18.1 Å². The van der Waals surface area contributed by atoms with Crippen molar-refractivity contribution in [3.8, 4) is 12.3 Å². The van der Waals surface area contributed by atoms with E-state index < -0.39 is 11.5 Å². The van der Waals surface area contributed by atoms with Crippen molar-refractivity contribution in [1.29, 1.82) is 0 Å². The van der Waals surface area contributed by atoms with Gasteiger partial charge in [0.1, 0.15) is 5.54 Å². The van der Waals surface area contributed by atoms with Crippen molar-refractivity contribution in [2.75, 3.05) is 0 Å². The first-order chi connectivity index (χ1) is 7.08. The maximum atomic E-state index is 10.8. The van der Waals surface area contributed by atoms with E-state index in [4.69, 9.17) is 17.3 Å². The second-order valence-corrected chi connectivity index (χ2v) is 3.87. The average molecular weight is 201 g/mol. The van der Waals surface area contributed by atoms with Crippen LogP contribution in [0.5, 0.6) is 0 Å². The maximum absolute atomic E-state index is 10.8. The van der Waals surface area contributed by atoms with Crippen molar-refractivity contribution in [1.82, 2.24) is 0 Å². The molecule has 1 aliphatic carbocycles. The van der Waals surface area contributed by atoms with Crippen LogP contribution in [0.15, 0.2) is 24.3 Å². The molecule has 2 rings (SSSR count). The molecule has 1 saturated carbocycles. The van der Waals surface area contributed by atoms with E-state index in [1.165, 1.54) is 0 Å². The van der Waals surface area contributed by atoms with Gasteiger partial charge < -0.3 is 10.8 Å². The van der Waals surface area contributed by atoms with Gasteiger partial charge in [-0.05, 0) is 24.1 Å². The number of nitrogens with two attached hydrogens (primary N) is 1. The van der Waals surface area contributed by atoms with Gasteiger partial charge in [0.05, 0.1) is 0 Å². The number of carboxylic acid groups (broad SMARTS) is 1. The first-order valence-electron chi connectivity index (χ1n) is 4.67. The Morgan fingerprint density at radius 1 is 1.53 bits per heavy atom. The fourth-order valence-electron chi connectivity index (χ4n) is 1.74. The Bertz CT molecular complexity index is 444. The van der Waals surface area contributed by atoms with Gasteiger partial charge in [0.15, 0.2) is 0 Å². The van der Waals surface area contributed by atoms with Gasteiger partial charge in [-0.25, -0.2) is 0 Å². The van der Waals surface area contributed by atoms with E-state index in [1.54, 1.807) is 12.1 Å². The van der Waals surface area contributed by atoms with Gasteiger partial charge in [0, 0.05) is 11.5 Å². The molecule has 0 saturated heterocycles. The smallest absolute Gasteiger partial charge is 0.324 e. The van der Waals surface area contributed by atoms with Crippen molar-refractivity contribution in [3.63, 3.8) is 0 Å². The van der Waals surface area contributed by atoms with Crippen LogP contribution in [-0.4, -0.2) is 16.6 Å². The predicted molar refractivity (Wildman–Crippen MR) is 56.3 cm³/mol. The Hall–Kier alpha value is -1.79. The van der Waals surface area contributed by atoms with Crippen LogP contribution in [0, 0.1) is 12.3 Å². The van der Waals surface area contributed by atoms with Gasteiger partial charge in [0.25, 0.3) is 0 Å². The van der Waals surface area contributed by atoms with E-state index in [0.717, 1.165) is 11.1 Å². The van der Waals surface area contributed by atoms with E-state index in [2.05, 4.69) is 5.92 Å². The zero-order chi connectivity index (χ0) is 11.1. The number of hydrogen-bond acceptors (Lipinski definition) is 2. The molecular weight excluding hydrogens is 190 g/mol. The Kier molecular flexibility index (Phi) is 2.02. The monoisotopic (exact) mass is 201 g/mol. The van der Waals surface area contributed by atoms with Crippen LogP contribution >= 0.6 is 0 Å². The summed E-state index contributed by atoms with van der Waals surface area (Å²) in [6, 6.07) is 7.29. The summed E-state index contributed by atoms with van der Waals surface area (Å²) < 4.78 is 0. The first-order valence-corrected chi connectivity index (χ1v) is 4.67.